The van der Waals surface area contributed by atoms with Crippen molar-refractivity contribution in [1.82, 2.24) is 19.9 Å². The minimum absolute atomic E-state index is 0.00121. The van der Waals surface area contributed by atoms with Gasteiger partial charge in [0.25, 0.3) is 0 Å². The number of piperidine rings is 1. The van der Waals surface area contributed by atoms with E-state index in [1.807, 2.05) is 4.90 Å². The van der Waals surface area contributed by atoms with Crippen molar-refractivity contribution in [2.24, 2.45) is 0 Å². The minimum Gasteiger partial charge on any atom is -0.342 e. The van der Waals surface area contributed by atoms with E-state index >= 15 is 0 Å². The SMILES string of the molecule is CN1CCC(C)(c2nc(CCN3CCCC3=O)no2)CC1. The van der Waals surface area contributed by atoms with E-state index in [9.17, 15) is 4.79 Å². The molecule has 2 aliphatic heterocycles. The van der Waals surface area contributed by atoms with E-state index in [0.29, 0.717) is 19.4 Å². The van der Waals surface area contributed by atoms with E-state index in [2.05, 4.69) is 29.0 Å². The van der Waals surface area contributed by atoms with E-state index in [0.717, 1.165) is 50.6 Å². The van der Waals surface area contributed by atoms with Crippen molar-refractivity contribution in [3.63, 3.8) is 0 Å². The summed E-state index contributed by atoms with van der Waals surface area (Å²) in [6.45, 7) is 5.92. The van der Waals surface area contributed by atoms with E-state index in [4.69, 9.17) is 4.52 Å². The molecule has 0 spiro atoms. The molecule has 1 amide bonds. The van der Waals surface area contributed by atoms with Gasteiger partial charge in [-0.3, -0.25) is 4.79 Å². The van der Waals surface area contributed by atoms with Crippen LogP contribution in [0, 0.1) is 0 Å². The summed E-state index contributed by atoms with van der Waals surface area (Å²) >= 11 is 0. The van der Waals surface area contributed by atoms with Crippen LogP contribution < -0.4 is 0 Å². The third kappa shape index (κ3) is 3.10. The first kappa shape index (κ1) is 14.5. The van der Waals surface area contributed by atoms with Crippen LogP contribution >= 0.6 is 0 Å². The van der Waals surface area contributed by atoms with Crippen LogP contribution in [0.15, 0.2) is 4.52 Å². The highest BCUT2D eigenvalue weighted by molar-refractivity contribution is 5.78. The van der Waals surface area contributed by atoms with Crippen molar-refractivity contribution in [3.05, 3.63) is 11.7 Å². The number of hydrogen-bond donors (Lipinski definition) is 0. The molecule has 0 N–H and O–H groups in total. The van der Waals surface area contributed by atoms with Crippen molar-refractivity contribution >= 4 is 5.91 Å². The summed E-state index contributed by atoms with van der Waals surface area (Å²) < 4.78 is 5.50. The van der Waals surface area contributed by atoms with E-state index in [1.54, 1.807) is 0 Å². The summed E-state index contributed by atoms with van der Waals surface area (Å²) in [7, 11) is 2.14. The molecule has 0 bridgehead atoms. The van der Waals surface area contributed by atoms with Gasteiger partial charge in [0.1, 0.15) is 0 Å². The Morgan fingerprint density at radius 2 is 2.05 bits per heavy atom. The highest BCUT2D eigenvalue weighted by Gasteiger charge is 2.36. The van der Waals surface area contributed by atoms with Crippen LogP contribution in [0.5, 0.6) is 0 Å². The lowest BCUT2D eigenvalue weighted by Crippen LogP contribution is -2.39. The normalized spacial score (nSPS) is 23.0. The summed E-state index contributed by atoms with van der Waals surface area (Å²) in [5, 5.41) is 4.10. The van der Waals surface area contributed by atoms with Gasteiger partial charge in [0.05, 0.1) is 0 Å². The number of aromatic nitrogens is 2. The molecule has 3 heterocycles. The molecule has 2 fully saturated rings. The highest BCUT2D eigenvalue weighted by Crippen LogP contribution is 2.33. The third-order valence-corrected chi connectivity index (χ3v) is 4.85. The van der Waals surface area contributed by atoms with Gasteiger partial charge in [-0.1, -0.05) is 12.1 Å². The van der Waals surface area contributed by atoms with Crippen LogP contribution in [0.4, 0.5) is 0 Å². The van der Waals surface area contributed by atoms with Gasteiger partial charge in [0.2, 0.25) is 11.8 Å². The van der Waals surface area contributed by atoms with Gasteiger partial charge < -0.3 is 14.3 Å². The molecule has 0 aromatic carbocycles. The number of carbonyl (C=O) groups is 1. The van der Waals surface area contributed by atoms with Crippen LogP contribution in [0.2, 0.25) is 0 Å². The molecule has 0 unspecified atom stereocenters. The Hall–Kier alpha value is -1.43. The molecule has 1 aromatic heterocycles. The molecule has 0 radical (unpaired) electrons. The maximum Gasteiger partial charge on any atom is 0.232 e. The highest BCUT2D eigenvalue weighted by atomic mass is 16.5. The summed E-state index contributed by atoms with van der Waals surface area (Å²) in [6, 6.07) is 0. The van der Waals surface area contributed by atoms with Crippen molar-refractivity contribution in [2.75, 3.05) is 33.2 Å². The van der Waals surface area contributed by atoms with Crippen molar-refractivity contribution < 1.29 is 9.32 Å². The largest absolute Gasteiger partial charge is 0.342 e. The fourth-order valence-corrected chi connectivity index (χ4v) is 3.10. The van der Waals surface area contributed by atoms with Crippen molar-refractivity contribution in [3.8, 4) is 0 Å². The molecule has 0 atom stereocenters. The number of amides is 1. The van der Waals surface area contributed by atoms with Crippen LogP contribution in [0.25, 0.3) is 0 Å². The van der Waals surface area contributed by atoms with Gasteiger partial charge in [-0.05, 0) is 39.4 Å². The summed E-state index contributed by atoms with van der Waals surface area (Å²) in [5.74, 6) is 1.74. The summed E-state index contributed by atoms with van der Waals surface area (Å²) in [4.78, 5) is 20.4. The Balaban J connectivity index is 1.59. The molecule has 3 rings (SSSR count). The standard InChI is InChI=1S/C15H24N4O2/c1-15(6-10-18(2)11-7-15)14-16-12(17-21-14)5-9-19-8-3-4-13(19)20/h3-11H2,1-2H3. The number of hydrogen-bond acceptors (Lipinski definition) is 5. The molecule has 2 aliphatic rings. The fourth-order valence-electron chi connectivity index (χ4n) is 3.10. The summed E-state index contributed by atoms with van der Waals surface area (Å²) in [5.41, 5.74) is 0.00121. The lowest BCUT2D eigenvalue weighted by Gasteiger charge is -2.34. The van der Waals surface area contributed by atoms with Crippen LogP contribution in [-0.4, -0.2) is 59.1 Å². The van der Waals surface area contributed by atoms with Crippen molar-refractivity contribution in [2.45, 2.75) is 44.4 Å². The number of rotatable bonds is 4. The Bertz CT molecular complexity index is 506. The smallest absolute Gasteiger partial charge is 0.232 e. The molecule has 21 heavy (non-hydrogen) atoms. The molecule has 0 aliphatic carbocycles. The van der Waals surface area contributed by atoms with Gasteiger partial charge >= 0.3 is 0 Å². The average Bonchev–Trinajstić information content (AvgIpc) is 3.09. The lowest BCUT2D eigenvalue weighted by atomic mass is 9.80. The van der Waals surface area contributed by atoms with E-state index in [-0.39, 0.29) is 11.3 Å². The predicted octanol–water partition coefficient (Wildman–Crippen LogP) is 1.22. The molecule has 6 nitrogen and oxygen atoms in total. The molecular formula is C15H24N4O2. The van der Waals surface area contributed by atoms with Crippen LogP contribution in [-0.2, 0) is 16.6 Å². The second-order valence-corrected chi connectivity index (χ2v) is 6.61. The van der Waals surface area contributed by atoms with Crippen molar-refractivity contribution in [1.29, 1.82) is 0 Å². The molecule has 116 valence electrons. The monoisotopic (exact) mass is 292 g/mol. The van der Waals surface area contributed by atoms with E-state index in [1.165, 1.54) is 0 Å². The first-order chi connectivity index (χ1) is 10.1. The van der Waals surface area contributed by atoms with Crippen LogP contribution in [0.3, 0.4) is 0 Å². The number of nitrogens with zero attached hydrogens (tertiary/aromatic N) is 4. The molecule has 6 heteroatoms. The zero-order chi connectivity index (χ0) is 14.9. The molecule has 0 saturated carbocycles. The zero-order valence-corrected chi connectivity index (χ0v) is 13.0. The third-order valence-electron chi connectivity index (χ3n) is 4.85. The summed E-state index contributed by atoms with van der Waals surface area (Å²) in [6.07, 6.45) is 4.45. The average molecular weight is 292 g/mol. The van der Waals surface area contributed by atoms with Crippen LogP contribution in [0.1, 0.15) is 44.3 Å². The zero-order valence-electron chi connectivity index (χ0n) is 13.0. The van der Waals surface area contributed by atoms with Gasteiger partial charge in [-0.15, -0.1) is 0 Å². The fraction of sp³-hybridized carbons (Fsp3) is 0.800. The quantitative estimate of drug-likeness (QED) is 0.835. The lowest BCUT2D eigenvalue weighted by molar-refractivity contribution is -0.127. The van der Waals surface area contributed by atoms with Gasteiger partial charge in [-0.2, -0.15) is 4.98 Å². The predicted molar refractivity (Wildman–Crippen MR) is 77.9 cm³/mol. The number of likely N-dealkylation sites (tertiary alicyclic amines) is 2. The molecule has 2 saturated heterocycles. The van der Waals surface area contributed by atoms with Gasteiger partial charge in [0, 0.05) is 31.3 Å². The first-order valence-electron chi connectivity index (χ1n) is 7.86. The second kappa shape index (κ2) is 5.75. The van der Waals surface area contributed by atoms with Gasteiger partial charge in [0.15, 0.2) is 5.82 Å². The Morgan fingerprint density at radius 3 is 2.71 bits per heavy atom. The Morgan fingerprint density at radius 1 is 1.29 bits per heavy atom. The maximum atomic E-state index is 11.6. The minimum atomic E-state index is 0.00121. The Labute approximate surface area is 125 Å². The topological polar surface area (TPSA) is 62.5 Å². The van der Waals surface area contributed by atoms with E-state index < -0.39 is 0 Å². The molecular weight excluding hydrogens is 268 g/mol. The van der Waals surface area contributed by atoms with Gasteiger partial charge in [-0.25, -0.2) is 0 Å². The second-order valence-electron chi connectivity index (χ2n) is 6.61. The first-order valence-corrected chi connectivity index (χ1v) is 7.86. The Kier molecular flexibility index (Phi) is 3.97. The number of carbonyl (C=O) groups excluding carboxylic acids is 1. The maximum absolute atomic E-state index is 11.6. The molecule has 1 aromatic rings.